The Hall–Kier alpha value is -2.02. The van der Waals surface area contributed by atoms with Crippen molar-refractivity contribution in [2.24, 2.45) is 0 Å². The van der Waals surface area contributed by atoms with Crippen molar-refractivity contribution < 1.29 is 4.42 Å². The molecule has 3 aromatic rings. The fraction of sp³-hybridized carbons (Fsp3) is 0.308. The van der Waals surface area contributed by atoms with Crippen LogP contribution < -0.4 is 5.76 Å². The van der Waals surface area contributed by atoms with E-state index < -0.39 is 0 Å². The number of H-pyrrole nitrogens is 1. The van der Waals surface area contributed by atoms with Gasteiger partial charge in [0.15, 0.2) is 5.58 Å². The van der Waals surface area contributed by atoms with Gasteiger partial charge in [0.1, 0.15) is 5.82 Å². The predicted molar refractivity (Wildman–Crippen MR) is 77.0 cm³/mol. The zero-order valence-electron chi connectivity index (χ0n) is 11.0. The third kappa shape index (κ3) is 2.49. The Morgan fingerprint density at radius 2 is 2.25 bits per heavy atom. The molecule has 2 heterocycles. The average Bonchev–Trinajstić information content (AvgIpc) is 3.04. The Balaban J connectivity index is 1.71. The van der Waals surface area contributed by atoms with E-state index in [1.165, 1.54) is 11.8 Å². The van der Waals surface area contributed by atoms with Gasteiger partial charge in [0.25, 0.3) is 0 Å². The number of nitrogens with zero attached hydrogens (tertiary/aromatic N) is 3. The molecule has 104 valence electrons. The quantitative estimate of drug-likeness (QED) is 0.728. The lowest BCUT2D eigenvalue weighted by Crippen LogP contribution is -2.15. The minimum Gasteiger partial charge on any atom is -0.408 e. The van der Waals surface area contributed by atoms with Crippen LogP contribution in [0.3, 0.4) is 0 Å². The van der Waals surface area contributed by atoms with Crippen molar-refractivity contribution in [3.05, 3.63) is 40.6 Å². The molecule has 1 N–H and O–H groups in total. The molecule has 0 bridgehead atoms. The number of aryl methyl sites for hydroxylation is 2. The number of thioether (sulfide) groups is 1. The molecule has 3 rings (SSSR count). The highest BCUT2D eigenvalue weighted by molar-refractivity contribution is 7.99. The first-order valence-electron chi connectivity index (χ1n) is 6.40. The molecule has 0 aliphatic carbocycles. The molecule has 0 unspecified atom stereocenters. The van der Waals surface area contributed by atoms with Gasteiger partial charge in [-0.1, -0.05) is 30.8 Å². The SMILES string of the molecule is CCc1nc(SCCn2c(=O)oc3ccccc32)n[nH]1. The van der Waals surface area contributed by atoms with Gasteiger partial charge in [-0.25, -0.2) is 9.78 Å². The summed E-state index contributed by atoms with van der Waals surface area (Å²) in [5, 5.41) is 7.69. The lowest BCUT2D eigenvalue weighted by atomic mass is 10.3. The molecule has 0 aliphatic heterocycles. The van der Waals surface area contributed by atoms with E-state index in [1.54, 1.807) is 10.6 Å². The summed E-state index contributed by atoms with van der Waals surface area (Å²) in [7, 11) is 0. The third-order valence-corrected chi connectivity index (χ3v) is 3.79. The van der Waals surface area contributed by atoms with Gasteiger partial charge in [0.05, 0.1) is 5.52 Å². The topological polar surface area (TPSA) is 76.7 Å². The standard InChI is InChI=1S/C13H14N4O2S/c1-2-11-14-12(16-15-11)20-8-7-17-9-5-3-4-6-10(9)19-13(17)18/h3-6H,2,7-8H2,1H3,(H,14,15,16). The summed E-state index contributed by atoms with van der Waals surface area (Å²) >= 11 is 1.52. The lowest BCUT2D eigenvalue weighted by molar-refractivity contribution is 0.514. The largest absolute Gasteiger partial charge is 0.419 e. The monoisotopic (exact) mass is 290 g/mol. The number of aromatic nitrogens is 4. The number of para-hydroxylation sites is 2. The molecule has 20 heavy (non-hydrogen) atoms. The summed E-state index contributed by atoms with van der Waals surface area (Å²) in [4.78, 5) is 16.1. The maximum absolute atomic E-state index is 11.8. The van der Waals surface area contributed by atoms with Crippen LogP contribution in [0, 0.1) is 0 Å². The fourth-order valence-electron chi connectivity index (χ4n) is 1.95. The van der Waals surface area contributed by atoms with Crippen LogP contribution in [-0.4, -0.2) is 25.5 Å². The third-order valence-electron chi connectivity index (χ3n) is 2.97. The van der Waals surface area contributed by atoms with E-state index in [9.17, 15) is 4.79 Å². The van der Waals surface area contributed by atoms with Crippen LogP contribution >= 0.6 is 11.8 Å². The molecule has 0 atom stereocenters. The number of fused-ring (bicyclic) bond motifs is 1. The first-order chi connectivity index (χ1) is 9.78. The summed E-state index contributed by atoms with van der Waals surface area (Å²) in [6.45, 7) is 2.59. The molecule has 6 nitrogen and oxygen atoms in total. The van der Waals surface area contributed by atoms with Gasteiger partial charge in [0, 0.05) is 18.7 Å². The van der Waals surface area contributed by atoms with Crippen molar-refractivity contribution in [2.45, 2.75) is 25.0 Å². The van der Waals surface area contributed by atoms with Gasteiger partial charge in [-0.2, -0.15) is 0 Å². The number of benzene rings is 1. The molecule has 0 saturated carbocycles. The van der Waals surface area contributed by atoms with Gasteiger partial charge in [-0.15, -0.1) is 5.10 Å². The molecule has 0 aliphatic rings. The summed E-state index contributed by atoms with van der Waals surface area (Å²) < 4.78 is 6.82. The van der Waals surface area contributed by atoms with Crippen LogP contribution in [0.25, 0.3) is 11.1 Å². The van der Waals surface area contributed by atoms with Gasteiger partial charge >= 0.3 is 5.76 Å². The van der Waals surface area contributed by atoms with E-state index in [0.29, 0.717) is 23.0 Å². The lowest BCUT2D eigenvalue weighted by Gasteiger charge is -1.99. The Morgan fingerprint density at radius 1 is 1.40 bits per heavy atom. The predicted octanol–water partition coefficient (Wildman–Crippen LogP) is 2.07. The molecule has 0 fully saturated rings. The van der Waals surface area contributed by atoms with E-state index in [4.69, 9.17) is 4.42 Å². The zero-order valence-corrected chi connectivity index (χ0v) is 11.8. The molecule has 1 aromatic carbocycles. The van der Waals surface area contributed by atoms with Crippen LogP contribution in [0.2, 0.25) is 0 Å². The van der Waals surface area contributed by atoms with E-state index in [-0.39, 0.29) is 5.76 Å². The van der Waals surface area contributed by atoms with Crippen molar-refractivity contribution in [3.8, 4) is 0 Å². The number of aromatic amines is 1. The van der Waals surface area contributed by atoms with Crippen LogP contribution in [-0.2, 0) is 13.0 Å². The number of hydrogen-bond donors (Lipinski definition) is 1. The Morgan fingerprint density at radius 3 is 3.05 bits per heavy atom. The van der Waals surface area contributed by atoms with Crippen LogP contribution in [0.15, 0.2) is 38.6 Å². The first kappa shape index (κ1) is 13.0. The maximum atomic E-state index is 11.8. The first-order valence-corrected chi connectivity index (χ1v) is 7.39. The molecule has 7 heteroatoms. The molecule has 0 saturated heterocycles. The Kier molecular flexibility index (Phi) is 3.60. The molecule has 2 aromatic heterocycles. The number of rotatable bonds is 5. The summed E-state index contributed by atoms with van der Waals surface area (Å²) in [5.74, 6) is 1.26. The number of nitrogens with one attached hydrogen (secondary N) is 1. The van der Waals surface area contributed by atoms with Crippen LogP contribution in [0.4, 0.5) is 0 Å². The van der Waals surface area contributed by atoms with Gasteiger partial charge in [-0.05, 0) is 12.1 Å². The summed E-state index contributed by atoms with van der Waals surface area (Å²) in [5.41, 5.74) is 1.44. The molecule has 0 radical (unpaired) electrons. The molecule has 0 amide bonds. The molecular weight excluding hydrogens is 276 g/mol. The smallest absolute Gasteiger partial charge is 0.408 e. The van der Waals surface area contributed by atoms with Crippen molar-refractivity contribution in [1.82, 2.24) is 19.7 Å². The fourth-order valence-corrected chi connectivity index (χ4v) is 2.70. The van der Waals surface area contributed by atoms with E-state index >= 15 is 0 Å². The van der Waals surface area contributed by atoms with Gasteiger partial charge < -0.3 is 4.42 Å². The Bertz CT molecular complexity index is 774. The van der Waals surface area contributed by atoms with E-state index in [2.05, 4.69) is 15.2 Å². The highest BCUT2D eigenvalue weighted by Crippen LogP contribution is 2.15. The summed E-state index contributed by atoms with van der Waals surface area (Å²) in [6, 6.07) is 7.42. The van der Waals surface area contributed by atoms with Gasteiger partial charge in [0.2, 0.25) is 5.16 Å². The Labute approximate surface area is 119 Å². The molecular formula is C13H14N4O2S. The highest BCUT2D eigenvalue weighted by Gasteiger charge is 2.09. The normalized spacial score (nSPS) is 11.2. The maximum Gasteiger partial charge on any atom is 0.419 e. The van der Waals surface area contributed by atoms with E-state index in [0.717, 1.165) is 17.8 Å². The second kappa shape index (κ2) is 5.54. The number of oxazole rings is 1. The summed E-state index contributed by atoms with van der Waals surface area (Å²) in [6.07, 6.45) is 0.833. The molecule has 0 spiro atoms. The van der Waals surface area contributed by atoms with Crippen LogP contribution in [0.5, 0.6) is 0 Å². The second-order valence-electron chi connectivity index (χ2n) is 4.25. The zero-order chi connectivity index (χ0) is 13.9. The highest BCUT2D eigenvalue weighted by atomic mass is 32.2. The van der Waals surface area contributed by atoms with Crippen molar-refractivity contribution in [3.63, 3.8) is 0 Å². The van der Waals surface area contributed by atoms with Crippen molar-refractivity contribution in [1.29, 1.82) is 0 Å². The van der Waals surface area contributed by atoms with Crippen molar-refractivity contribution in [2.75, 3.05) is 5.75 Å². The van der Waals surface area contributed by atoms with Gasteiger partial charge in [-0.3, -0.25) is 9.67 Å². The number of hydrogen-bond acceptors (Lipinski definition) is 5. The average molecular weight is 290 g/mol. The van der Waals surface area contributed by atoms with Crippen molar-refractivity contribution >= 4 is 22.9 Å². The minimum atomic E-state index is -0.323. The van der Waals surface area contributed by atoms with Crippen LogP contribution in [0.1, 0.15) is 12.7 Å². The minimum absolute atomic E-state index is 0.323. The van der Waals surface area contributed by atoms with E-state index in [1.807, 2.05) is 25.1 Å². The second-order valence-corrected chi connectivity index (χ2v) is 5.32.